The fourth-order valence-corrected chi connectivity index (χ4v) is 5.81. The molecule has 0 amide bonds. The molecule has 0 bridgehead atoms. The number of anilines is 1. The Hall–Kier alpha value is -2.58. The van der Waals surface area contributed by atoms with Crippen LogP contribution >= 0.6 is 22.6 Å². The molecule has 0 aliphatic carbocycles. The second-order valence-corrected chi connectivity index (χ2v) is 10.1. The van der Waals surface area contributed by atoms with E-state index in [1.807, 2.05) is 48.7 Å². The average molecular weight is 528 g/mol. The Morgan fingerprint density at radius 3 is 2.33 bits per heavy atom. The van der Waals surface area contributed by atoms with Crippen LogP contribution in [0.1, 0.15) is 0 Å². The van der Waals surface area contributed by atoms with Crippen LogP contribution in [0.4, 0.5) is 5.69 Å². The number of hydrogen-bond acceptors (Lipinski definition) is 2. The van der Waals surface area contributed by atoms with Gasteiger partial charge in [0, 0.05) is 21.8 Å². The van der Waals surface area contributed by atoms with Crippen molar-refractivity contribution in [2.75, 3.05) is 10.8 Å². The summed E-state index contributed by atoms with van der Waals surface area (Å²) in [6, 6.07) is 26.2. The number of aromatic nitrogens is 1. The van der Waals surface area contributed by atoms with Crippen molar-refractivity contribution in [1.82, 2.24) is 4.57 Å². The van der Waals surface area contributed by atoms with E-state index in [0.717, 1.165) is 20.0 Å². The summed E-state index contributed by atoms with van der Waals surface area (Å²) < 4.78 is 31.4. The summed E-state index contributed by atoms with van der Waals surface area (Å²) in [5.41, 5.74) is 2.56. The number of para-hydroxylation sites is 2. The maximum Gasteiger partial charge on any atom is 0.264 e. The van der Waals surface area contributed by atoms with Gasteiger partial charge in [-0.1, -0.05) is 55.1 Å². The fourth-order valence-electron chi connectivity index (χ4n) is 3.45. The number of nitrogens with zero attached hydrogens (tertiary/aromatic N) is 2. The molecule has 1 aromatic heterocycles. The highest BCUT2D eigenvalue weighted by Crippen LogP contribution is 2.29. The molecular formula is C24H21IN2O2S. The largest absolute Gasteiger partial charge is 0.343 e. The predicted octanol–water partition coefficient (Wildman–Crippen LogP) is 5.70. The molecule has 152 valence electrons. The van der Waals surface area contributed by atoms with Crippen LogP contribution in [0.25, 0.3) is 10.9 Å². The van der Waals surface area contributed by atoms with Crippen molar-refractivity contribution in [2.24, 2.45) is 0 Å². The van der Waals surface area contributed by atoms with Crippen molar-refractivity contribution in [2.45, 2.75) is 11.4 Å². The van der Waals surface area contributed by atoms with Gasteiger partial charge in [0.1, 0.15) is 0 Å². The molecule has 0 spiro atoms. The molecule has 3 aromatic carbocycles. The van der Waals surface area contributed by atoms with Crippen molar-refractivity contribution in [3.63, 3.8) is 0 Å². The molecule has 1 heterocycles. The number of fused-ring (bicyclic) bond motifs is 1. The minimum Gasteiger partial charge on any atom is -0.343 e. The van der Waals surface area contributed by atoms with Gasteiger partial charge in [0.05, 0.1) is 17.1 Å². The van der Waals surface area contributed by atoms with Gasteiger partial charge >= 0.3 is 0 Å². The van der Waals surface area contributed by atoms with Crippen molar-refractivity contribution in [3.05, 3.63) is 107 Å². The smallest absolute Gasteiger partial charge is 0.264 e. The third kappa shape index (κ3) is 4.15. The van der Waals surface area contributed by atoms with Crippen molar-refractivity contribution >= 4 is 49.2 Å². The van der Waals surface area contributed by atoms with E-state index in [4.69, 9.17) is 0 Å². The number of halogens is 1. The lowest BCUT2D eigenvalue weighted by Gasteiger charge is -2.26. The van der Waals surface area contributed by atoms with E-state index < -0.39 is 10.0 Å². The van der Waals surface area contributed by atoms with E-state index in [2.05, 4.69) is 51.9 Å². The fraction of sp³-hybridized carbons (Fsp3) is 0.0833. The Kier molecular flexibility index (Phi) is 5.97. The highest BCUT2D eigenvalue weighted by molar-refractivity contribution is 14.1. The van der Waals surface area contributed by atoms with Crippen molar-refractivity contribution in [1.29, 1.82) is 0 Å². The molecule has 4 rings (SSSR count). The average Bonchev–Trinajstić information content (AvgIpc) is 3.16. The lowest BCUT2D eigenvalue weighted by atomic mass is 10.2. The van der Waals surface area contributed by atoms with Gasteiger partial charge in [0.2, 0.25) is 0 Å². The third-order valence-corrected chi connectivity index (χ3v) is 7.58. The number of benzene rings is 3. The van der Waals surface area contributed by atoms with Crippen LogP contribution in [0, 0.1) is 3.57 Å². The highest BCUT2D eigenvalue weighted by atomic mass is 127. The predicted molar refractivity (Wildman–Crippen MR) is 131 cm³/mol. The first-order valence-electron chi connectivity index (χ1n) is 9.49. The van der Waals surface area contributed by atoms with E-state index in [-0.39, 0.29) is 11.4 Å². The van der Waals surface area contributed by atoms with Crippen molar-refractivity contribution < 1.29 is 8.42 Å². The molecule has 4 nitrogen and oxygen atoms in total. The van der Waals surface area contributed by atoms with Crippen LogP contribution in [-0.4, -0.2) is 19.5 Å². The van der Waals surface area contributed by atoms with Gasteiger partial charge in [-0.2, -0.15) is 0 Å². The van der Waals surface area contributed by atoms with Crippen LogP contribution in [0.3, 0.4) is 0 Å². The third-order valence-electron chi connectivity index (χ3n) is 4.89. The SMILES string of the molecule is C=C(CN(c1ccccc1I)S(=O)(=O)c1ccccc1)Cn1ccc2ccccc21. The van der Waals surface area contributed by atoms with Gasteiger partial charge < -0.3 is 4.57 Å². The molecule has 0 aliphatic heterocycles. The Morgan fingerprint density at radius 2 is 1.57 bits per heavy atom. The maximum absolute atomic E-state index is 13.5. The van der Waals surface area contributed by atoms with Gasteiger partial charge in [-0.25, -0.2) is 8.42 Å². The van der Waals surface area contributed by atoms with Gasteiger partial charge in [-0.15, -0.1) is 0 Å². The quantitative estimate of drug-likeness (QED) is 0.228. The Labute approximate surface area is 190 Å². The molecule has 0 unspecified atom stereocenters. The van der Waals surface area contributed by atoms with Crippen LogP contribution in [-0.2, 0) is 16.6 Å². The van der Waals surface area contributed by atoms with Crippen LogP contribution in [0.2, 0.25) is 0 Å². The molecule has 0 N–H and O–H groups in total. The zero-order valence-electron chi connectivity index (χ0n) is 16.3. The molecule has 0 atom stereocenters. The Balaban J connectivity index is 1.68. The maximum atomic E-state index is 13.5. The molecule has 30 heavy (non-hydrogen) atoms. The first-order chi connectivity index (χ1) is 14.5. The topological polar surface area (TPSA) is 42.3 Å². The zero-order valence-corrected chi connectivity index (χ0v) is 19.3. The molecule has 0 aliphatic rings. The summed E-state index contributed by atoms with van der Waals surface area (Å²) in [6.07, 6.45) is 2.01. The molecular weight excluding hydrogens is 507 g/mol. The van der Waals surface area contributed by atoms with Gasteiger partial charge in [0.15, 0.2) is 0 Å². The normalized spacial score (nSPS) is 11.5. The molecule has 4 aromatic rings. The molecule has 0 saturated carbocycles. The second kappa shape index (κ2) is 8.65. The lowest BCUT2D eigenvalue weighted by Crippen LogP contribution is -2.34. The van der Waals surface area contributed by atoms with E-state index in [9.17, 15) is 8.42 Å². The first-order valence-corrected chi connectivity index (χ1v) is 12.0. The monoisotopic (exact) mass is 528 g/mol. The standard InChI is InChI=1S/C24H21IN2O2S/c1-19(17-26-16-15-20-9-5-7-13-23(20)26)18-27(24-14-8-6-12-22(24)25)30(28,29)21-10-3-2-4-11-21/h2-16H,1,17-18H2. The molecule has 0 radical (unpaired) electrons. The highest BCUT2D eigenvalue weighted by Gasteiger charge is 2.26. The second-order valence-electron chi connectivity index (χ2n) is 7.03. The van der Waals surface area contributed by atoms with E-state index in [1.54, 1.807) is 24.3 Å². The zero-order chi connectivity index (χ0) is 21.1. The Bertz CT molecular complexity index is 1300. The van der Waals surface area contributed by atoms with Crippen molar-refractivity contribution in [3.8, 4) is 0 Å². The van der Waals surface area contributed by atoms with E-state index in [1.165, 1.54) is 4.31 Å². The Morgan fingerprint density at radius 1 is 0.900 bits per heavy atom. The number of rotatable bonds is 7. The van der Waals surface area contributed by atoms with Crippen LogP contribution in [0.5, 0.6) is 0 Å². The summed E-state index contributed by atoms with van der Waals surface area (Å²) >= 11 is 2.17. The molecule has 6 heteroatoms. The summed E-state index contributed by atoms with van der Waals surface area (Å²) in [5, 5.41) is 1.15. The molecule has 0 saturated heterocycles. The summed E-state index contributed by atoms with van der Waals surface area (Å²) in [7, 11) is -3.73. The van der Waals surface area contributed by atoms with E-state index >= 15 is 0 Å². The minimum absolute atomic E-state index is 0.198. The summed E-state index contributed by atoms with van der Waals surface area (Å²) in [4.78, 5) is 0.267. The number of sulfonamides is 1. The lowest BCUT2D eigenvalue weighted by molar-refractivity contribution is 0.591. The summed E-state index contributed by atoms with van der Waals surface area (Å²) in [6.45, 7) is 4.95. The minimum atomic E-state index is -3.73. The van der Waals surface area contributed by atoms with Crippen LogP contribution in [0.15, 0.2) is 108 Å². The van der Waals surface area contributed by atoms with Gasteiger partial charge in [0.25, 0.3) is 10.0 Å². The van der Waals surface area contributed by atoms with E-state index in [0.29, 0.717) is 12.2 Å². The molecule has 0 fully saturated rings. The number of hydrogen-bond donors (Lipinski definition) is 0. The van der Waals surface area contributed by atoms with Crippen LogP contribution < -0.4 is 4.31 Å². The summed E-state index contributed by atoms with van der Waals surface area (Å²) in [5.74, 6) is 0. The first kappa shape index (κ1) is 20.7. The van der Waals surface area contributed by atoms with Gasteiger partial charge in [-0.05, 0) is 69.9 Å². The van der Waals surface area contributed by atoms with Gasteiger partial charge in [-0.3, -0.25) is 4.31 Å².